The van der Waals surface area contributed by atoms with E-state index in [0.717, 1.165) is 6.29 Å². The van der Waals surface area contributed by atoms with Gasteiger partial charge in [-0.3, -0.25) is 33.6 Å². The van der Waals surface area contributed by atoms with Gasteiger partial charge in [0.05, 0.1) is 55.0 Å². The van der Waals surface area contributed by atoms with Crippen LogP contribution in [-0.4, -0.2) is 330 Å². The van der Waals surface area contributed by atoms with Gasteiger partial charge in [-0.15, -0.1) is 0 Å². The zero-order valence-electron chi connectivity index (χ0n) is 44.8. The fourth-order valence-corrected chi connectivity index (χ4v) is 5.19. The number of rotatable bonds is 34. The summed E-state index contributed by atoms with van der Waals surface area (Å²) >= 11 is 0. The maximum atomic E-state index is 11.8. The fraction of sp³-hybridized carbons (Fsp3) is 0.590. The standard InChI is InChI=1S/C14H21N3O10.C12H19N3O9.C11H18N2O6.C2H4O.4Ca.2Na.2H2O/c15-7(3-11(21)22)13(25)16-5-6(2-10(19)20)1-9(18)17-8(14(26)27)4-12(23)24;13-6(2-9(18)19)11(22)14-4-5(1-8(16)17)15-7(12(23)24)3-10(20)21;1-6(14)3-7(4-9(15)16)13-11(19)8(12-2)5-10(17)18;1-2-3;;;;;;;;/h6-8H,1-5,15H2,(H,16,25)(H,17,18)(H,19,20)(H,21,22)(H,23,24)(H,26,27);5-7,15H,1-4,13H2,(H,14,22)(H,16,17)(H,18,19)(H,20,21)(H,23,24);7-8,12H,3-5H2,1-2H3,(H,13,19)(H,15,16)(H,17,18);2H,1H3;;;;;;;2*1H2/q;;;;4*+2;2*+1;;/p-10. The average molecular weight is 1290 g/mol. The van der Waals surface area contributed by atoms with Crippen molar-refractivity contribution in [1.29, 1.82) is 0 Å². The Morgan fingerprint density at radius 1 is 0.469 bits per heavy atom. The van der Waals surface area contributed by atoms with Crippen molar-refractivity contribution in [2.24, 2.45) is 17.4 Å². The molecule has 14 N–H and O–H groups in total. The van der Waals surface area contributed by atoms with Gasteiger partial charge in [0, 0.05) is 106 Å². The fourth-order valence-electron chi connectivity index (χ4n) is 5.19. The molecular weight excluding hydrogens is 1230 g/mol. The summed E-state index contributed by atoms with van der Waals surface area (Å²) in [6.07, 6.45) is -5.89. The molecule has 0 aromatic heterocycles. The summed E-state index contributed by atoms with van der Waals surface area (Å²) in [5.41, 5.74) is 10.5. The molecule has 0 saturated heterocycles. The summed E-state index contributed by atoms with van der Waals surface area (Å²) in [6.45, 7) is 1.83. The number of amides is 4. The first kappa shape index (κ1) is 108. The Labute approximate surface area is 624 Å². The summed E-state index contributed by atoms with van der Waals surface area (Å²) in [7, 11) is 1.42. The van der Waals surface area contributed by atoms with Crippen LogP contribution in [0, 0.1) is 5.92 Å². The third-order valence-corrected chi connectivity index (χ3v) is 8.30. The SMILES string of the molecule is CC=O.CNC(CC(=O)O)C(=O)NC(CC(C)=O)CC(=O)O.NC(CC(=O)[O-])C(=O)NCC(CC(=O)[O-])CC(=O)NC(CC(=O)[O-])C(=O)[O-].NC(CC(=O)[O-])C(=O)NCC(CC(=O)[O-])NC(CC(=O)[O-])C(=O)[O-].[Ca+2].[Ca+2].[Ca+2].[Ca+2].[Na+].[Na+].[OH-].[OH-]. The Bertz CT molecular complexity index is 1970. The normalized spacial score (nSPS) is 12.1. The van der Waals surface area contributed by atoms with Crippen LogP contribution in [0.15, 0.2) is 0 Å². The number of carbonyl (C=O) groups excluding carboxylic acids is 14. The zero-order valence-corrected chi connectivity index (χ0v) is 57.6. The molecule has 0 bridgehead atoms. The average Bonchev–Trinajstić information content (AvgIpc) is 3.21. The van der Waals surface area contributed by atoms with Gasteiger partial charge in [0.25, 0.3) is 0 Å². The van der Waals surface area contributed by atoms with Crippen LogP contribution in [0.2, 0.25) is 0 Å². The Hall–Kier alpha value is -1.28. The number of aldehydes is 1. The largest absolute Gasteiger partial charge is 2.00 e. The van der Waals surface area contributed by atoms with E-state index < -0.39 is 202 Å². The maximum absolute atomic E-state index is 11.8. The van der Waals surface area contributed by atoms with E-state index in [1.807, 2.05) is 5.32 Å². The molecule has 0 aromatic rings. The second-order valence-electron chi connectivity index (χ2n) is 14.8. The minimum absolute atomic E-state index is 0. The smallest absolute Gasteiger partial charge is 0.870 e. The van der Waals surface area contributed by atoms with Crippen molar-refractivity contribution in [3.63, 3.8) is 0 Å². The van der Waals surface area contributed by atoms with Crippen molar-refractivity contribution in [2.75, 3.05) is 20.1 Å². The molecule has 0 aromatic carbocycles. The Morgan fingerprint density at radius 2 is 0.827 bits per heavy atom. The molecule has 0 saturated carbocycles. The first-order valence-corrected chi connectivity index (χ1v) is 20.7. The number of hydrogen-bond donors (Lipinski definition) is 10. The Kier molecular flexibility index (Phi) is 84.1. The molecule has 4 amide bonds. The number of ketones is 1. The van der Waals surface area contributed by atoms with E-state index in [4.69, 9.17) is 26.5 Å². The van der Waals surface area contributed by atoms with E-state index in [1.54, 1.807) is 0 Å². The quantitative estimate of drug-likeness (QED) is 0.0211. The van der Waals surface area contributed by atoms with Crippen LogP contribution < -0.4 is 143 Å². The molecule has 36 nitrogen and oxygen atoms in total. The third-order valence-electron chi connectivity index (χ3n) is 8.30. The number of carboxylic acid groups (broad SMARTS) is 10. The molecular formula is C39H56Ca4N8Na2O28. The van der Waals surface area contributed by atoms with Gasteiger partial charge in [-0.25, -0.2) is 0 Å². The molecule has 0 aliphatic rings. The van der Waals surface area contributed by atoms with Gasteiger partial charge in [-0.05, 0) is 33.2 Å². The number of nitrogens with two attached hydrogens (primary N) is 2. The van der Waals surface area contributed by atoms with Crippen molar-refractivity contribution in [2.45, 2.75) is 120 Å². The van der Waals surface area contributed by atoms with Crippen LogP contribution in [-0.2, 0) is 76.7 Å². The van der Waals surface area contributed by atoms with Gasteiger partial charge >= 0.3 is 222 Å². The molecule has 430 valence electrons. The topological polar surface area (TPSA) is 682 Å². The summed E-state index contributed by atoms with van der Waals surface area (Å²) in [4.78, 5) is 172. The van der Waals surface area contributed by atoms with Crippen LogP contribution in [0.25, 0.3) is 0 Å². The van der Waals surface area contributed by atoms with Crippen LogP contribution in [0.1, 0.15) is 78.1 Å². The van der Waals surface area contributed by atoms with E-state index in [-0.39, 0.29) is 233 Å². The Balaban J connectivity index is -0.0000000829. The second-order valence-corrected chi connectivity index (χ2v) is 14.8. The number of Topliss-reactive ketones (excluding diaryl/α,β-unsaturated/α-hetero) is 1. The van der Waals surface area contributed by atoms with Crippen molar-refractivity contribution in [3.05, 3.63) is 0 Å². The molecule has 0 rings (SSSR count). The maximum Gasteiger partial charge on any atom is 2.00 e. The number of carboxylic acids is 10. The van der Waals surface area contributed by atoms with E-state index in [0.29, 0.717) is 0 Å². The predicted molar refractivity (Wildman–Crippen MR) is 244 cm³/mol. The molecule has 0 spiro atoms. The monoisotopic (exact) mass is 1290 g/mol. The molecule has 42 heteroatoms. The third kappa shape index (κ3) is 67.7. The number of carbonyl (C=O) groups is 16. The van der Waals surface area contributed by atoms with Crippen LogP contribution in [0.4, 0.5) is 0 Å². The van der Waals surface area contributed by atoms with Crippen molar-refractivity contribution in [3.8, 4) is 0 Å². The minimum Gasteiger partial charge on any atom is -0.870 e. The van der Waals surface area contributed by atoms with E-state index in [2.05, 4.69) is 26.6 Å². The first-order chi connectivity index (χ1) is 33.6. The molecule has 8 atom stereocenters. The van der Waals surface area contributed by atoms with Gasteiger partial charge in [0.2, 0.25) is 23.6 Å². The number of hydrogen-bond acceptors (Lipinski definition) is 30. The van der Waals surface area contributed by atoms with Crippen molar-refractivity contribution < 1.29 is 198 Å². The second kappa shape index (κ2) is 63.2. The first-order valence-electron chi connectivity index (χ1n) is 20.7. The van der Waals surface area contributed by atoms with Crippen molar-refractivity contribution >= 4 is 246 Å². The molecule has 0 heterocycles. The van der Waals surface area contributed by atoms with Crippen LogP contribution >= 0.6 is 0 Å². The van der Waals surface area contributed by atoms with Gasteiger partial charge < -0.3 is 149 Å². The minimum atomic E-state index is -1.89. The summed E-state index contributed by atoms with van der Waals surface area (Å²) in [5.74, 6) is -20.7. The zero-order chi connectivity index (χ0) is 57.7. The van der Waals surface area contributed by atoms with Gasteiger partial charge in [0.15, 0.2) is 0 Å². The van der Waals surface area contributed by atoms with E-state index in [1.165, 1.54) is 20.9 Å². The van der Waals surface area contributed by atoms with Gasteiger partial charge in [-0.2, -0.15) is 0 Å². The molecule has 0 aliphatic carbocycles. The predicted octanol–water partition coefficient (Wildman–Crippen LogP) is -24.7. The van der Waals surface area contributed by atoms with E-state index >= 15 is 0 Å². The van der Waals surface area contributed by atoms with Crippen LogP contribution in [0.3, 0.4) is 0 Å². The Morgan fingerprint density at radius 3 is 1.15 bits per heavy atom. The van der Waals surface area contributed by atoms with Crippen molar-refractivity contribution in [1.82, 2.24) is 31.9 Å². The summed E-state index contributed by atoms with van der Waals surface area (Å²) in [6, 6.07) is -9.63. The van der Waals surface area contributed by atoms with Crippen LogP contribution in [0.5, 0.6) is 0 Å². The molecule has 0 fully saturated rings. The molecule has 8 unspecified atom stereocenters. The van der Waals surface area contributed by atoms with Gasteiger partial charge in [0.1, 0.15) is 12.1 Å². The summed E-state index contributed by atoms with van der Waals surface area (Å²) in [5, 5.41) is 115. The number of aliphatic carboxylic acids is 10. The molecule has 0 aliphatic heterocycles. The molecule has 81 heavy (non-hydrogen) atoms. The van der Waals surface area contributed by atoms with Gasteiger partial charge in [-0.1, -0.05) is 0 Å². The number of nitrogens with one attached hydrogen (secondary N) is 6. The number of likely N-dealkylation sites (N-methyl/N-ethyl adjacent to an activating group) is 1. The van der Waals surface area contributed by atoms with E-state index in [9.17, 15) is 113 Å². The summed E-state index contributed by atoms with van der Waals surface area (Å²) < 4.78 is 0. The molecule has 0 radical (unpaired) electrons.